The average molecular weight is 598 g/mol. The Morgan fingerprint density at radius 3 is 2.54 bits per heavy atom. The van der Waals surface area contributed by atoms with Gasteiger partial charge in [0.05, 0.1) is 27.7 Å². The lowest BCUT2D eigenvalue weighted by Crippen LogP contribution is -2.36. The van der Waals surface area contributed by atoms with Crippen LogP contribution in [0.15, 0.2) is 41.4 Å². The number of aromatic nitrogens is 2. The third-order valence-corrected chi connectivity index (χ3v) is 10.3. The summed E-state index contributed by atoms with van der Waals surface area (Å²) in [4.78, 5) is 22.9. The van der Waals surface area contributed by atoms with E-state index in [1.165, 1.54) is 17.3 Å². The maximum Gasteiger partial charge on any atom is 0.229 e. The van der Waals surface area contributed by atoms with Gasteiger partial charge >= 0.3 is 0 Å². The number of halogens is 1. The molecule has 3 heterocycles. The van der Waals surface area contributed by atoms with Crippen LogP contribution in [0.4, 0.5) is 23.1 Å². The molecule has 0 unspecified atom stereocenters. The molecule has 1 saturated heterocycles. The fourth-order valence-electron chi connectivity index (χ4n) is 5.73. The minimum absolute atomic E-state index is 0.0335. The van der Waals surface area contributed by atoms with Gasteiger partial charge < -0.3 is 20.3 Å². The van der Waals surface area contributed by atoms with Crippen LogP contribution in [0.25, 0.3) is 0 Å². The van der Waals surface area contributed by atoms with Crippen molar-refractivity contribution in [3.63, 3.8) is 0 Å². The number of likely N-dealkylation sites (tertiary alicyclic amines) is 1. The number of rotatable bonds is 7. The van der Waals surface area contributed by atoms with Crippen LogP contribution in [-0.4, -0.2) is 53.6 Å². The Bertz CT molecular complexity index is 1590. The topological polar surface area (TPSA) is 114 Å². The number of carbonyl (C=O) groups excluding carboxylic acids is 1. The zero-order valence-electron chi connectivity index (χ0n) is 24.0. The molecule has 0 aliphatic carbocycles. The number of benzene rings is 2. The first-order valence-corrected chi connectivity index (χ1v) is 15.9. The second-order valence-corrected chi connectivity index (χ2v) is 14.0. The number of amides is 1. The molecule has 9 nitrogen and oxygen atoms in total. The number of fused-ring (bicyclic) bond motifs is 1. The molecule has 1 fully saturated rings. The molecular weight excluding hydrogens is 562 g/mol. The first kappa shape index (κ1) is 29.1. The number of carbonyl (C=O) groups is 1. The molecule has 0 spiro atoms. The maximum atomic E-state index is 12.9. The quantitative estimate of drug-likeness (QED) is 0.333. The van der Waals surface area contributed by atoms with Gasteiger partial charge in [0.1, 0.15) is 16.9 Å². The molecule has 1 aromatic heterocycles. The molecule has 2 aromatic carbocycles. The Morgan fingerprint density at radius 1 is 1.15 bits per heavy atom. The largest absolute Gasteiger partial charge is 0.488 e. The van der Waals surface area contributed by atoms with E-state index in [9.17, 15) is 13.2 Å². The van der Waals surface area contributed by atoms with E-state index in [2.05, 4.69) is 40.5 Å². The summed E-state index contributed by atoms with van der Waals surface area (Å²) >= 11 is 6.44. The van der Waals surface area contributed by atoms with E-state index < -0.39 is 15.1 Å². The molecule has 1 atom stereocenters. The summed E-state index contributed by atoms with van der Waals surface area (Å²) in [5.74, 6) is 1.88. The number of ether oxygens (including phenoxy) is 1. The van der Waals surface area contributed by atoms with Crippen molar-refractivity contribution in [2.45, 2.75) is 76.0 Å². The fraction of sp³-hybridized carbons (Fsp3) is 0.433. The third kappa shape index (κ3) is 5.85. The molecule has 0 radical (unpaired) electrons. The van der Waals surface area contributed by atoms with Gasteiger partial charge in [0, 0.05) is 32.0 Å². The van der Waals surface area contributed by atoms with Crippen molar-refractivity contribution in [3.8, 4) is 5.75 Å². The van der Waals surface area contributed by atoms with E-state index in [0.29, 0.717) is 17.6 Å². The summed E-state index contributed by atoms with van der Waals surface area (Å²) in [5.41, 5.74) is 4.83. The Kier molecular flexibility index (Phi) is 8.16. The van der Waals surface area contributed by atoms with Crippen molar-refractivity contribution in [1.29, 1.82) is 0 Å². The highest BCUT2D eigenvalue weighted by atomic mass is 35.5. The predicted octanol–water partition coefficient (Wildman–Crippen LogP) is 6.16. The molecule has 2 aliphatic heterocycles. The highest BCUT2D eigenvalue weighted by Crippen LogP contribution is 2.46. The van der Waals surface area contributed by atoms with Gasteiger partial charge in [-0.05, 0) is 75.8 Å². The standard InChI is InChI=1S/C30H36ClN5O4S/c1-17(2)41(38,39)26-9-7-6-8-24(26)33-29-23(31)16-32-30(35-29)34-25-14-18(3)27(22-15-19(4)40-28(22)25)21-10-12-36(13-11-21)20(5)37/h6-9,14,16-17,19,21H,10-13,15H2,1-5H3,(H2,32,33,34,35)/t19-/m1/s1. The van der Waals surface area contributed by atoms with Crippen LogP contribution in [0.2, 0.25) is 5.02 Å². The number of sulfone groups is 1. The van der Waals surface area contributed by atoms with Crippen LogP contribution < -0.4 is 15.4 Å². The fourth-order valence-corrected chi connectivity index (χ4v) is 7.07. The summed E-state index contributed by atoms with van der Waals surface area (Å²) in [6.45, 7) is 10.6. The molecule has 3 aromatic rings. The molecular formula is C30H36ClN5O4S. The van der Waals surface area contributed by atoms with E-state index >= 15 is 0 Å². The van der Waals surface area contributed by atoms with Crippen LogP contribution >= 0.6 is 11.6 Å². The second-order valence-electron chi connectivity index (χ2n) is 11.1. The van der Waals surface area contributed by atoms with E-state index in [1.54, 1.807) is 45.0 Å². The zero-order valence-corrected chi connectivity index (χ0v) is 25.6. The second kappa shape index (κ2) is 11.5. The van der Waals surface area contributed by atoms with Crippen molar-refractivity contribution in [2.75, 3.05) is 23.7 Å². The van der Waals surface area contributed by atoms with Crippen molar-refractivity contribution in [3.05, 3.63) is 58.2 Å². The molecule has 0 saturated carbocycles. The summed E-state index contributed by atoms with van der Waals surface area (Å²) in [5, 5.41) is 6.09. The number of piperidine rings is 1. The Labute approximate surface area is 246 Å². The van der Waals surface area contributed by atoms with Crippen molar-refractivity contribution in [1.82, 2.24) is 14.9 Å². The summed E-state index contributed by atoms with van der Waals surface area (Å²) in [7, 11) is -3.54. The molecule has 218 valence electrons. The molecule has 2 N–H and O–H groups in total. The van der Waals surface area contributed by atoms with Crippen LogP contribution in [-0.2, 0) is 21.1 Å². The Hall–Kier alpha value is -3.37. The highest BCUT2D eigenvalue weighted by Gasteiger charge is 2.32. The van der Waals surface area contributed by atoms with Crippen LogP contribution in [0.3, 0.4) is 0 Å². The monoisotopic (exact) mass is 597 g/mol. The van der Waals surface area contributed by atoms with E-state index in [-0.39, 0.29) is 27.7 Å². The van der Waals surface area contributed by atoms with Gasteiger partial charge in [0.25, 0.3) is 0 Å². The van der Waals surface area contributed by atoms with Gasteiger partial charge in [-0.1, -0.05) is 23.7 Å². The SMILES string of the molecule is CC(=O)N1CCC(c2c(C)cc(Nc3ncc(Cl)c(Nc4ccccc4S(=O)(=O)C(C)C)n3)c3c2C[C@@H](C)O3)CC1. The molecule has 41 heavy (non-hydrogen) atoms. The van der Waals surface area contributed by atoms with Gasteiger partial charge in [-0.25, -0.2) is 13.4 Å². The molecule has 0 bridgehead atoms. The predicted molar refractivity (Wildman–Crippen MR) is 162 cm³/mol. The molecule has 11 heteroatoms. The summed E-state index contributed by atoms with van der Waals surface area (Å²) in [6.07, 6.45) is 4.18. The van der Waals surface area contributed by atoms with E-state index in [0.717, 1.165) is 49.4 Å². The van der Waals surface area contributed by atoms with Gasteiger partial charge in [-0.15, -0.1) is 0 Å². The number of nitrogens with zero attached hydrogens (tertiary/aromatic N) is 3. The van der Waals surface area contributed by atoms with Gasteiger partial charge in [0.15, 0.2) is 15.7 Å². The number of aryl methyl sites for hydroxylation is 1. The van der Waals surface area contributed by atoms with Crippen molar-refractivity contribution < 1.29 is 17.9 Å². The van der Waals surface area contributed by atoms with E-state index in [1.807, 2.05) is 4.90 Å². The first-order valence-electron chi connectivity index (χ1n) is 13.9. The summed E-state index contributed by atoms with van der Waals surface area (Å²) < 4.78 is 32.2. The van der Waals surface area contributed by atoms with E-state index in [4.69, 9.17) is 16.3 Å². The lowest BCUT2D eigenvalue weighted by Gasteiger charge is -2.33. The third-order valence-electron chi connectivity index (χ3n) is 7.85. The van der Waals surface area contributed by atoms with Crippen molar-refractivity contribution >= 4 is 50.5 Å². The number of para-hydroxylation sites is 1. The first-order chi connectivity index (χ1) is 19.5. The average Bonchev–Trinajstić information content (AvgIpc) is 3.32. The Balaban J connectivity index is 1.44. The molecule has 2 aliphatic rings. The van der Waals surface area contributed by atoms with Crippen LogP contribution in [0, 0.1) is 6.92 Å². The normalized spacial score (nSPS) is 17.3. The number of nitrogens with one attached hydrogen (secondary N) is 2. The summed E-state index contributed by atoms with van der Waals surface area (Å²) in [6, 6.07) is 8.77. The minimum atomic E-state index is -3.54. The van der Waals surface area contributed by atoms with Gasteiger partial charge in [-0.3, -0.25) is 4.79 Å². The van der Waals surface area contributed by atoms with Gasteiger partial charge in [-0.2, -0.15) is 4.98 Å². The number of hydrogen-bond acceptors (Lipinski definition) is 8. The maximum absolute atomic E-state index is 12.9. The lowest BCUT2D eigenvalue weighted by molar-refractivity contribution is -0.129. The number of hydrogen-bond donors (Lipinski definition) is 2. The Morgan fingerprint density at radius 2 is 1.85 bits per heavy atom. The van der Waals surface area contributed by atoms with Gasteiger partial charge in [0.2, 0.25) is 11.9 Å². The zero-order chi connectivity index (χ0) is 29.5. The van der Waals surface area contributed by atoms with Crippen LogP contribution in [0.5, 0.6) is 5.75 Å². The smallest absolute Gasteiger partial charge is 0.229 e. The minimum Gasteiger partial charge on any atom is -0.488 e. The van der Waals surface area contributed by atoms with Crippen LogP contribution in [0.1, 0.15) is 63.1 Å². The molecule has 5 rings (SSSR count). The highest BCUT2D eigenvalue weighted by molar-refractivity contribution is 7.92. The lowest BCUT2D eigenvalue weighted by atomic mass is 9.82. The number of anilines is 4. The van der Waals surface area contributed by atoms with Crippen molar-refractivity contribution in [2.24, 2.45) is 0 Å². The molecule has 1 amide bonds.